The van der Waals surface area contributed by atoms with E-state index in [9.17, 15) is 0 Å². The van der Waals surface area contributed by atoms with Crippen molar-refractivity contribution in [2.75, 3.05) is 7.05 Å². The van der Waals surface area contributed by atoms with E-state index in [2.05, 4.69) is 38.3 Å². The predicted octanol–water partition coefficient (Wildman–Crippen LogP) is 4.74. The Hall–Kier alpha value is -0.530. The van der Waals surface area contributed by atoms with Crippen molar-refractivity contribution in [1.29, 1.82) is 0 Å². The van der Waals surface area contributed by atoms with Gasteiger partial charge < -0.3 is 5.32 Å². The Kier molecular flexibility index (Phi) is 4.69. The van der Waals surface area contributed by atoms with Crippen molar-refractivity contribution < 1.29 is 0 Å². The van der Waals surface area contributed by atoms with Crippen LogP contribution >= 0.6 is 11.6 Å². The number of benzene rings is 1. The molecule has 0 aliphatic heterocycles. The van der Waals surface area contributed by atoms with E-state index in [-0.39, 0.29) is 0 Å². The summed E-state index contributed by atoms with van der Waals surface area (Å²) in [4.78, 5) is 0. The zero-order chi connectivity index (χ0) is 13.1. The average Bonchev–Trinajstić information content (AvgIpc) is 2.35. The van der Waals surface area contributed by atoms with E-state index < -0.39 is 0 Å². The van der Waals surface area contributed by atoms with Crippen molar-refractivity contribution in [1.82, 2.24) is 5.32 Å². The minimum Gasteiger partial charge on any atom is -0.313 e. The first kappa shape index (κ1) is 13.9. The van der Waals surface area contributed by atoms with Crippen LogP contribution in [0.3, 0.4) is 0 Å². The van der Waals surface area contributed by atoms with E-state index in [4.69, 9.17) is 11.6 Å². The Morgan fingerprint density at radius 3 is 2.78 bits per heavy atom. The Labute approximate surface area is 116 Å². The second-order valence-electron chi connectivity index (χ2n) is 5.75. The van der Waals surface area contributed by atoms with Gasteiger partial charge in [-0.3, -0.25) is 0 Å². The van der Waals surface area contributed by atoms with E-state index >= 15 is 0 Å². The lowest BCUT2D eigenvalue weighted by Gasteiger charge is -2.34. The molecule has 3 unspecified atom stereocenters. The van der Waals surface area contributed by atoms with Crippen molar-refractivity contribution >= 4 is 11.6 Å². The highest BCUT2D eigenvalue weighted by molar-refractivity contribution is 6.31. The fraction of sp³-hybridized carbons (Fsp3) is 0.625. The van der Waals surface area contributed by atoms with Crippen molar-refractivity contribution in [3.63, 3.8) is 0 Å². The standard InChI is InChI=1S/C16H24ClN/c1-11-6-4-7-13(10-11)16(18-3)14-8-5-9-15(17)12(14)2/h5,8-9,11,13,16,18H,4,6-7,10H2,1-3H3. The van der Waals surface area contributed by atoms with E-state index in [1.54, 1.807) is 0 Å². The molecule has 0 amide bonds. The number of halogens is 1. The predicted molar refractivity (Wildman–Crippen MR) is 79.1 cm³/mol. The minimum atomic E-state index is 0.450. The van der Waals surface area contributed by atoms with Crippen molar-refractivity contribution in [2.45, 2.75) is 45.6 Å². The van der Waals surface area contributed by atoms with E-state index in [1.165, 1.54) is 36.8 Å². The third-order valence-electron chi connectivity index (χ3n) is 4.40. The summed E-state index contributed by atoms with van der Waals surface area (Å²) in [5.74, 6) is 1.61. The van der Waals surface area contributed by atoms with Crippen LogP contribution in [0.15, 0.2) is 18.2 Å². The normalized spacial score (nSPS) is 26.0. The van der Waals surface area contributed by atoms with Gasteiger partial charge in [0.25, 0.3) is 0 Å². The van der Waals surface area contributed by atoms with Crippen LogP contribution in [0.2, 0.25) is 5.02 Å². The first-order valence-corrected chi connectivity index (χ1v) is 7.43. The maximum Gasteiger partial charge on any atom is 0.0438 e. The number of hydrogen-bond acceptors (Lipinski definition) is 1. The molecule has 3 atom stereocenters. The molecule has 100 valence electrons. The van der Waals surface area contributed by atoms with Gasteiger partial charge in [0.15, 0.2) is 0 Å². The van der Waals surface area contributed by atoms with Gasteiger partial charge in [-0.1, -0.05) is 43.5 Å². The Morgan fingerprint density at radius 1 is 1.33 bits per heavy atom. The summed E-state index contributed by atoms with van der Waals surface area (Å²) in [6.45, 7) is 4.51. The number of rotatable bonds is 3. The highest BCUT2D eigenvalue weighted by Gasteiger charge is 2.27. The molecular weight excluding hydrogens is 242 g/mol. The fourth-order valence-electron chi connectivity index (χ4n) is 3.39. The molecule has 0 heterocycles. The van der Waals surface area contributed by atoms with Gasteiger partial charge in [0, 0.05) is 11.1 Å². The molecule has 2 heteroatoms. The van der Waals surface area contributed by atoms with Crippen LogP contribution in [0.5, 0.6) is 0 Å². The summed E-state index contributed by atoms with van der Waals surface area (Å²) in [5.41, 5.74) is 2.61. The molecule has 1 aromatic rings. The van der Waals surface area contributed by atoms with Gasteiger partial charge in [0.05, 0.1) is 0 Å². The molecule has 0 bridgehead atoms. The fourth-order valence-corrected chi connectivity index (χ4v) is 3.57. The molecule has 18 heavy (non-hydrogen) atoms. The maximum absolute atomic E-state index is 6.25. The Balaban J connectivity index is 2.24. The molecular formula is C16H24ClN. The van der Waals surface area contributed by atoms with Crippen molar-refractivity contribution in [3.8, 4) is 0 Å². The monoisotopic (exact) mass is 265 g/mol. The molecule has 1 saturated carbocycles. The van der Waals surface area contributed by atoms with Crippen molar-refractivity contribution in [3.05, 3.63) is 34.3 Å². The molecule has 1 aliphatic carbocycles. The number of nitrogens with one attached hydrogen (secondary N) is 1. The van der Waals surface area contributed by atoms with Gasteiger partial charge in [-0.05, 0) is 55.8 Å². The van der Waals surface area contributed by atoms with Gasteiger partial charge in [-0.15, -0.1) is 0 Å². The molecule has 0 aromatic heterocycles. The summed E-state index contributed by atoms with van der Waals surface area (Å²) in [5, 5.41) is 4.40. The summed E-state index contributed by atoms with van der Waals surface area (Å²) in [7, 11) is 2.07. The highest BCUT2D eigenvalue weighted by Crippen LogP contribution is 2.38. The van der Waals surface area contributed by atoms with Crippen LogP contribution in [0.4, 0.5) is 0 Å². The lowest BCUT2D eigenvalue weighted by molar-refractivity contribution is 0.229. The van der Waals surface area contributed by atoms with Crippen LogP contribution in [-0.2, 0) is 0 Å². The molecule has 0 radical (unpaired) electrons. The second kappa shape index (κ2) is 6.08. The van der Waals surface area contributed by atoms with E-state index in [0.29, 0.717) is 6.04 Å². The molecule has 1 nitrogen and oxygen atoms in total. The topological polar surface area (TPSA) is 12.0 Å². The molecule has 0 spiro atoms. The van der Waals surface area contributed by atoms with Crippen LogP contribution < -0.4 is 5.32 Å². The SMILES string of the molecule is CNC(c1cccc(Cl)c1C)C1CCCC(C)C1. The number of hydrogen-bond donors (Lipinski definition) is 1. The van der Waals surface area contributed by atoms with E-state index in [0.717, 1.165) is 16.9 Å². The second-order valence-corrected chi connectivity index (χ2v) is 6.16. The van der Waals surface area contributed by atoms with Gasteiger partial charge >= 0.3 is 0 Å². The molecule has 2 rings (SSSR count). The minimum absolute atomic E-state index is 0.450. The van der Waals surface area contributed by atoms with Crippen LogP contribution in [0.1, 0.15) is 49.8 Å². The van der Waals surface area contributed by atoms with Gasteiger partial charge in [0.2, 0.25) is 0 Å². The van der Waals surface area contributed by atoms with Crippen LogP contribution in [0.25, 0.3) is 0 Å². The van der Waals surface area contributed by atoms with Gasteiger partial charge in [-0.25, -0.2) is 0 Å². The first-order chi connectivity index (χ1) is 8.63. The zero-order valence-electron chi connectivity index (χ0n) is 11.7. The largest absolute Gasteiger partial charge is 0.313 e. The molecule has 1 fully saturated rings. The van der Waals surface area contributed by atoms with Crippen LogP contribution in [-0.4, -0.2) is 7.05 Å². The lowest BCUT2D eigenvalue weighted by Crippen LogP contribution is -2.29. The summed E-state index contributed by atoms with van der Waals surface area (Å²) in [6, 6.07) is 6.73. The van der Waals surface area contributed by atoms with E-state index in [1.807, 2.05) is 6.07 Å². The Bertz CT molecular complexity index is 402. The molecule has 1 aliphatic rings. The van der Waals surface area contributed by atoms with Crippen LogP contribution in [0, 0.1) is 18.8 Å². The zero-order valence-corrected chi connectivity index (χ0v) is 12.4. The average molecular weight is 266 g/mol. The Morgan fingerprint density at radius 2 is 2.11 bits per heavy atom. The molecule has 0 saturated heterocycles. The smallest absolute Gasteiger partial charge is 0.0438 e. The van der Waals surface area contributed by atoms with Gasteiger partial charge in [0.1, 0.15) is 0 Å². The quantitative estimate of drug-likeness (QED) is 0.833. The summed E-state index contributed by atoms with van der Waals surface area (Å²) < 4.78 is 0. The van der Waals surface area contributed by atoms with Crippen molar-refractivity contribution in [2.24, 2.45) is 11.8 Å². The van der Waals surface area contributed by atoms with Gasteiger partial charge in [-0.2, -0.15) is 0 Å². The lowest BCUT2D eigenvalue weighted by atomic mass is 9.76. The molecule has 1 N–H and O–H groups in total. The third kappa shape index (κ3) is 2.89. The first-order valence-electron chi connectivity index (χ1n) is 7.05. The molecule has 1 aromatic carbocycles. The highest BCUT2D eigenvalue weighted by atomic mass is 35.5. The summed E-state index contributed by atoms with van der Waals surface area (Å²) in [6.07, 6.45) is 5.42. The maximum atomic E-state index is 6.25. The third-order valence-corrected chi connectivity index (χ3v) is 4.81. The summed E-state index contributed by atoms with van der Waals surface area (Å²) >= 11 is 6.25.